The molecule has 0 radical (unpaired) electrons. The SMILES string of the molecule is CCCNC1(c2nc(C)c(C)s2)CCNCC1CC. The van der Waals surface area contributed by atoms with Gasteiger partial charge in [0.15, 0.2) is 0 Å². The normalized spacial score (nSPS) is 27.7. The van der Waals surface area contributed by atoms with Crippen LogP contribution in [0.5, 0.6) is 0 Å². The van der Waals surface area contributed by atoms with Crippen LogP contribution in [0, 0.1) is 19.8 Å². The zero-order valence-electron chi connectivity index (χ0n) is 12.7. The molecule has 1 aromatic rings. The molecule has 1 aliphatic heterocycles. The predicted molar refractivity (Wildman–Crippen MR) is 82.8 cm³/mol. The number of hydrogen-bond donors (Lipinski definition) is 2. The second kappa shape index (κ2) is 6.33. The molecule has 2 atom stereocenters. The van der Waals surface area contributed by atoms with Crippen molar-refractivity contribution in [3.8, 4) is 0 Å². The Morgan fingerprint density at radius 3 is 2.79 bits per heavy atom. The van der Waals surface area contributed by atoms with Gasteiger partial charge in [-0.15, -0.1) is 11.3 Å². The van der Waals surface area contributed by atoms with E-state index in [1.807, 2.05) is 11.3 Å². The first kappa shape index (κ1) is 14.9. The average Bonchev–Trinajstić information content (AvgIpc) is 2.77. The molecule has 2 heterocycles. The number of thiazole rings is 1. The summed E-state index contributed by atoms with van der Waals surface area (Å²) in [4.78, 5) is 6.25. The van der Waals surface area contributed by atoms with Crippen molar-refractivity contribution in [1.82, 2.24) is 15.6 Å². The van der Waals surface area contributed by atoms with Gasteiger partial charge in [0.25, 0.3) is 0 Å². The minimum absolute atomic E-state index is 0.0969. The first-order chi connectivity index (χ1) is 9.14. The molecule has 0 aromatic carbocycles. The maximum Gasteiger partial charge on any atom is 0.114 e. The Bertz CT molecular complexity index is 396. The number of aryl methyl sites for hydroxylation is 2. The summed E-state index contributed by atoms with van der Waals surface area (Å²) in [6.07, 6.45) is 3.52. The van der Waals surface area contributed by atoms with Crippen molar-refractivity contribution in [2.24, 2.45) is 5.92 Å². The molecule has 2 unspecified atom stereocenters. The maximum atomic E-state index is 4.89. The smallest absolute Gasteiger partial charge is 0.114 e. The minimum atomic E-state index is 0.0969. The van der Waals surface area contributed by atoms with E-state index < -0.39 is 0 Å². The molecule has 0 spiro atoms. The number of aromatic nitrogens is 1. The molecule has 0 saturated carbocycles. The van der Waals surface area contributed by atoms with E-state index in [2.05, 4.69) is 38.3 Å². The summed E-state index contributed by atoms with van der Waals surface area (Å²) in [6.45, 7) is 12.1. The van der Waals surface area contributed by atoms with Crippen LogP contribution in [0.3, 0.4) is 0 Å². The van der Waals surface area contributed by atoms with Gasteiger partial charge in [-0.3, -0.25) is 0 Å². The molecule has 0 bridgehead atoms. The summed E-state index contributed by atoms with van der Waals surface area (Å²) in [5.41, 5.74) is 1.30. The van der Waals surface area contributed by atoms with Crippen LogP contribution in [0.2, 0.25) is 0 Å². The Labute approximate surface area is 121 Å². The fourth-order valence-corrected chi connectivity index (χ4v) is 4.22. The zero-order valence-corrected chi connectivity index (χ0v) is 13.5. The predicted octanol–water partition coefficient (Wildman–Crippen LogP) is 2.97. The van der Waals surface area contributed by atoms with Crippen molar-refractivity contribution >= 4 is 11.3 Å². The van der Waals surface area contributed by atoms with Crippen molar-refractivity contribution in [3.05, 3.63) is 15.6 Å². The lowest BCUT2D eigenvalue weighted by Gasteiger charge is -2.44. The standard InChI is InChI=1S/C15H27N3S/c1-5-8-17-15(7-9-16-10-13(15)6-2)14-18-11(3)12(4)19-14/h13,16-17H,5-10H2,1-4H3. The monoisotopic (exact) mass is 281 g/mol. The van der Waals surface area contributed by atoms with Gasteiger partial charge in [0.05, 0.1) is 11.2 Å². The van der Waals surface area contributed by atoms with Gasteiger partial charge in [-0.05, 0) is 52.1 Å². The molecule has 1 aliphatic rings. The fourth-order valence-electron chi connectivity index (χ4n) is 3.03. The summed E-state index contributed by atoms with van der Waals surface area (Å²) in [7, 11) is 0. The van der Waals surface area contributed by atoms with E-state index in [1.165, 1.54) is 28.4 Å². The van der Waals surface area contributed by atoms with Gasteiger partial charge >= 0.3 is 0 Å². The van der Waals surface area contributed by atoms with Crippen LogP contribution >= 0.6 is 11.3 Å². The number of nitrogens with zero attached hydrogens (tertiary/aromatic N) is 1. The van der Waals surface area contributed by atoms with Gasteiger partial charge in [-0.25, -0.2) is 4.98 Å². The molecule has 19 heavy (non-hydrogen) atoms. The molecule has 1 fully saturated rings. The third kappa shape index (κ3) is 2.86. The van der Waals surface area contributed by atoms with Crippen LogP contribution in [0.1, 0.15) is 48.7 Å². The van der Waals surface area contributed by atoms with Gasteiger partial charge in [0.1, 0.15) is 5.01 Å². The van der Waals surface area contributed by atoms with Crippen LogP contribution in [0.25, 0.3) is 0 Å². The van der Waals surface area contributed by atoms with Gasteiger partial charge in [-0.2, -0.15) is 0 Å². The third-order valence-corrected chi connectivity index (χ3v) is 5.63. The molecule has 0 aliphatic carbocycles. The summed E-state index contributed by atoms with van der Waals surface area (Å²) in [6, 6.07) is 0. The molecule has 1 aromatic heterocycles. The quantitative estimate of drug-likeness (QED) is 0.871. The van der Waals surface area contributed by atoms with E-state index in [9.17, 15) is 0 Å². The van der Waals surface area contributed by atoms with Crippen LogP contribution in [-0.2, 0) is 5.54 Å². The molecule has 2 rings (SSSR count). The highest BCUT2D eigenvalue weighted by atomic mass is 32.1. The summed E-state index contributed by atoms with van der Waals surface area (Å²) in [5, 5.41) is 8.71. The minimum Gasteiger partial charge on any atom is -0.316 e. The fraction of sp³-hybridized carbons (Fsp3) is 0.800. The van der Waals surface area contributed by atoms with E-state index >= 15 is 0 Å². The van der Waals surface area contributed by atoms with Crippen molar-refractivity contribution < 1.29 is 0 Å². The summed E-state index contributed by atoms with van der Waals surface area (Å²) < 4.78 is 0. The second-order valence-electron chi connectivity index (χ2n) is 5.62. The lowest BCUT2D eigenvalue weighted by molar-refractivity contribution is 0.149. The van der Waals surface area contributed by atoms with E-state index in [0.29, 0.717) is 5.92 Å². The van der Waals surface area contributed by atoms with Crippen LogP contribution in [0.15, 0.2) is 0 Å². The average molecular weight is 281 g/mol. The molecule has 2 N–H and O–H groups in total. The second-order valence-corrected chi connectivity index (χ2v) is 6.82. The Morgan fingerprint density at radius 2 is 2.21 bits per heavy atom. The Hall–Kier alpha value is -0.450. The highest BCUT2D eigenvalue weighted by Gasteiger charge is 2.43. The number of piperidine rings is 1. The Morgan fingerprint density at radius 1 is 1.42 bits per heavy atom. The third-order valence-electron chi connectivity index (χ3n) is 4.38. The summed E-state index contributed by atoms with van der Waals surface area (Å²) >= 11 is 1.89. The first-order valence-electron chi connectivity index (χ1n) is 7.54. The molecular formula is C15H27N3S. The van der Waals surface area contributed by atoms with E-state index in [-0.39, 0.29) is 5.54 Å². The topological polar surface area (TPSA) is 37.0 Å². The van der Waals surface area contributed by atoms with Gasteiger partial charge < -0.3 is 10.6 Å². The number of hydrogen-bond acceptors (Lipinski definition) is 4. The highest BCUT2D eigenvalue weighted by Crippen LogP contribution is 2.39. The van der Waals surface area contributed by atoms with E-state index in [0.717, 1.165) is 26.1 Å². The van der Waals surface area contributed by atoms with Gasteiger partial charge in [0.2, 0.25) is 0 Å². The molecule has 1 saturated heterocycles. The maximum absolute atomic E-state index is 4.89. The Kier molecular flexibility index (Phi) is 4.98. The number of rotatable bonds is 5. The summed E-state index contributed by atoms with van der Waals surface area (Å²) in [5.74, 6) is 0.637. The van der Waals surface area contributed by atoms with Crippen LogP contribution < -0.4 is 10.6 Å². The molecule has 3 nitrogen and oxygen atoms in total. The Balaban J connectivity index is 2.37. The lowest BCUT2D eigenvalue weighted by Crippen LogP contribution is -2.56. The van der Waals surface area contributed by atoms with Crippen molar-refractivity contribution in [2.45, 2.75) is 52.5 Å². The van der Waals surface area contributed by atoms with Gasteiger partial charge in [-0.1, -0.05) is 13.8 Å². The molecule has 4 heteroatoms. The largest absolute Gasteiger partial charge is 0.316 e. The lowest BCUT2D eigenvalue weighted by atomic mass is 9.77. The molecule has 108 valence electrons. The van der Waals surface area contributed by atoms with E-state index in [1.54, 1.807) is 0 Å². The van der Waals surface area contributed by atoms with Crippen LogP contribution in [0.4, 0.5) is 0 Å². The highest BCUT2D eigenvalue weighted by molar-refractivity contribution is 7.11. The number of nitrogens with one attached hydrogen (secondary N) is 2. The molecule has 0 amide bonds. The van der Waals surface area contributed by atoms with E-state index in [4.69, 9.17) is 4.98 Å². The van der Waals surface area contributed by atoms with Crippen molar-refractivity contribution in [3.63, 3.8) is 0 Å². The van der Waals surface area contributed by atoms with Crippen LogP contribution in [-0.4, -0.2) is 24.6 Å². The van der Waals surface area contributed by atoms with Crippen molar-refractivity contribution in [2.75, 3.05) is 19.6 Å². The van der Waals surface area contributed by atoms with Gasteiger partial charge in [0, 0.05) is 11.4 Å². The first-order valence-corrected chi connectivity index (χ1v) is 8.36. The van der Waals surface area contributed by atoms with Crippen molar-refractivity contribution in [1.29, 1.82) is 0 Å². The molecular weight excluding hydrogens is 254 g/mol. The zero-order chi connectivity index (χ0) is 13.9.